The zero-order valence-electron chi connectivity index (χ0n) is 10.3. The molecule has 0 aromatic heterocycles. The fraction of sp³-hybridized carbons (Fsp3) is 0.636. The van der Waals surface area contributed by atoms with Crippen LogP contribution in [0.3, 0.4) is 0 Å². The third-order valence-electron chi connectivity index (χ3n) is 3.09. The summed E-state index contributed by atoms with van der Waals surface area (Å²) in [4.78, 5) is 45.4. The molecule has 0 aliphatic carbocycles. The number of rotatable bonds is 4. The lowest BCUT2D eigenvalue weighted by Crippen LogP contribution is -2.45. The van der Waals surface area contributed by atoms with Crippen LogP contribution in [0.25, 0.3) is 0 Å². The molecule has 0 aromatic rings. The SMILES string of the molecule is O=C1CCC(C(=O)OC2C(=O)C(=O)O[C@@H]2[C@@H](O)CO)N1. The van der Waals surface area contributed by atoms with Gasteiger partial charge in [-0.25, -0.2) is 9.59 Å². The highest BCUT2D eigenvalue weighted by Gasteiger charge is 2.50. The number of hydrogen-bond acceptors (Lipinski definition) is 8. The van der Waals surface area contributed by atoms with Crippen molar-refractivity contribution < 1.29 is 38.9 Å². The lowest BCUT2D eigenvalue weighted by molar-refractivity contribution is -0.162. The number of ketones is 1. The van der Waals surface area contributed by atoms with Crippen LogP contribution in [0.15, 0.2) is 0 Å². The molecule has 1 amide bonds. The smallest absolute Gasteiger partial charge is 0.379 e. The number of hydrogen-bond donors (Lipinski definition) is 3. The first-order valence-electron chi connectivity index (χ1n) is 5.97. The molecule has 2 fully saturated rings. The van der Waals surface area contributed by atoms with Gasteiger partial charge in [-0.1, -0.05) is 0 Å². The molecule has 9 nitrogen and oxygen atoms in total. The van der Waals surface area contributed by atoms with E-state index >= 15 is 0 Å². The summed E-state index contributed by atoms with van der Waals surface area (Å²) in [7, 11) is 0. The third kappa shape index (κ3) is 2.63. The van der Waals surface area contributed by atoms with Gasteiger partial charge in [-0.05, 0) is 6.42 Å². The van der Waals surface area contributed by atoms with Gasteiger partial charge >= 0.3 is 11.9 Å². The molecule has 2 unspecified atom stereocenters. The summed E-state index contributed by atoms with van der Waals surface area (Å²) in [6.07, 6.45) is -4.21. The van der Waals surface area contributed by atoms with E-state index in [0.717, 1.165) is 0 Å². The second-order valence-corrected chi connectivity index (χ2v) is 4.50. The van der Waals surface area contributed by atoms with Crippen molar-refractivity contribution in [3.63, 3.8) is 0 Å². The van der Waals surface area contributed by atoms with E-state index in [1.807, 2.05) is 0 Å². The van der Waals surface area contributed by atoms with Crippen molar-refractivity contribution in [1.29, 1.82) is 0 Å². The Morgan fingerprint density at radius 3 is 2.70 bits per heavy atom. The van der Waals surface area contributed by atoms with Crippen LogP contribution in [-0.4, -0.2) is 64.8 Å². The number of aliphatic hydroxyl groups excluding tert-OH is 2. The Kier molecular flexibility index (Phi) is 4.00. The van der Waals surface area contributed by atoms with Gasteiger partial charge in [0, 0.05) is 6.42 Å². The molecule has 0 bridgehead atoms. The van der Waals surface area contributed by atoms with Crippen molar-refractivity contribution in [2.75, 3.05) is 6.61 Å². The molecule has 4 atom stereocenters. The van der Waals surface area contributed by atoms with Crippen LogP contribution in [0.1, 0.15) is 12.8 Å². The first-order valence-corrected chi connectivity index (χ1v) is 5.97. The van der Waals surface area contributed by atoms with Crippen molar-refractivity contribution >= 4 is 23.6 Å². The van der Waals surface area contributed by atoms with Crippen LogP contribution in [0.5, 0.6) is 0 Å². The molecular formula is C11H13NO8. The highest BCUT2D eigenvalue weighted by Crippen LogP contribution is 2.20. The Morgan fingerprint density at radius 1 is 1.45 bits per heavy atom. The number of carbonyl (C=O) groups excluding carboxylic acids is 4. The third-order valence-corrected chi connectivity index (χ3v) is 3.09. The largest absolute Gasteiger partial charge is 0.449 e. The molecule has 2 aliphatic rings. The van der Waals surface area contributed by atoms with Crippen LogP contribution in [0.2, 0.25) is 0 Å². The number of cyclic esters (lactones) is 1. The Labute approximate surface area is 112 Å². The molecule has 9 heteroatoms. The van der Waals surface area contributed by atoms with Crippen molar-refractivity contribution in [2.45, 2.75) is 37.2 Å². The van der Waals surface area contributed by atoms with Gasteiger partial charge in [0.1, 0.15) is 12.1 Å². The normalized spacial score (nSPS) is 30.9. The van der Waals surface area contributed by atoms with E-state index in [1.54, 1.807) is 0 Å². The first kappa shape index (κ1) is 14.4. The van der Waals surface area contributed by atoms with Gasteiger partial charge in [-0.3, -0.25) is 9.59 Å². The van der Waals surface area contributed by atoms with Crippen molar-refractivity contribution in [2.24, 2.45) is 0 Å². The molecule has 3 N–H and O–H groups in total. The Bertz CT molecular complexity index is 461. The highest BCUT2D eigenvalue weighted by atomic mass is 16.6. The highest BCUT2D eigenvalue weighted by molar-refractivity contribution is 6.37. The van der Waals surface area contributed by atoms with Gasteiger partial charge in [0.2, 0.25) is 12.0 Å². The summed E-state index contributed by atoms with van der Waals surface area (Å²) >= 11 is 0. The Morgan fingerprint density at radius 2 is 2.15 bits per heavy atom. The lowest BCUT2D eigenvalue weighted by atomic mass is 10.1. The molecule has 2 saturated heterocycles. The minimum absolute atomic E-state index is 0.163. The zero-order chi connectivity index (χ0) is 14.9. The molecule has 2 heterocycles. The zero-order valence-corrected chi connectivity index (χ0v) is 10.3. The van der Waals surface area contributed by atoms with Crippen molar-refractivity contribution in [3.8, 4) is 0 Å². The van der Waals surface area contributed by atoms with Gasteiger partial charge in [-0.15, -0.1) is 0 Å². The summed E-state index contributed by atoms with van der Waals surface area (Å²) in [6.45, 7) is -0.764. The number of esters is 2. The second kappa shape index (κ2) is 5.55. The quantitative estimate of drug-likeness (QED) is 0.368. The fourth-order valence-electron chi connectivity index (χ4n) is 2.01. The van der Waals surface area contributed by atoms with E-state index in [-0.39, 0.29) is 18.7 Å². The van der Waals surface area contributed by atoms with Gasteiger partial charge < -0.3 is 25.0 Å². The average molecular weight is 287 g/mol. The summed E-state index contributed by atoms with van der Waals surface area (Å²) in [6, 6.07) is -0.891. The van der Waals surface area contributed by atoms with Crippen LogP contribution >= 0.6 is 0 Å². The maximum atomic E-state index is 11.8. The van der Waals surface area contributed by atoms with Gasteiger partial charge in [-0.2, -0.15) is 0 Å². The van der Waals surface area contributed by atoms with Crippen LogP contribution in [0, 0.1) is 0 Å². The maximum Gasteiger partial charge on any atom is 0.379 e. The summed E-state index contributed by atoms with van der Waals surface area (Å²) in [5, 5.41) is 20.6. The van der Waals surface area contributed by atoms with Crippen LogP contribution < -0.4 is 5.32 Å². The van der Waals surface area contributed by atoms with E-state index < -0.39 is 48.7 Å². The number of nitrogens with one attached hydrogen (secondary N) is 1. The summed E-state index contributed by atoms with van der Waals surface area (Å²) < 4.78 is 9.40. The maximum absolute atomic E-state index is 11.8. The number of Topliss-reactive ketones (excluding diaryl/α,β-unsaturated/α-hetero) is 1. The minimum atomic E-state index is -1.62. The molecular weight excluding hydrogens is 274 g/mol. The van der Waals surface area contributed by atoms with E-state index in [0.29, 0.717) is 0 Å². The average Bonchev–Trinajstić information content (AvgIpc) is 2.97. The molecule has 2 rings (SSSR count). The molecule has 2 aliphatic heterocycles. The molecule has 110 valence electrons. The van der Waals surface area contributed by atoms with Crippen molar-refractivity contribution in [1.82, 2.24) is 5.32 Å². The van der Waals surface area contributed by atoms with Crippen LogP contribution in [-0.2, 0) is 28.7 Å². The van der Waals surface area contributed by atoms with E-state index in [1.165, 1.54) is 0 Å². The monoisotopic (exact) mass is 287 g/mol. The Balaban J connectivity index is 2.05. The summed E-state index contributed by atoms with van der Waals surface area (Å²) in [5.74, 6) is -3.55. The van der Waals surface area contributed by atoms with E-state index in [2.05, 4.69) is 10.1 Å². The molecule has 20 heavy (non-hydrogen) atoms. The van der Waals surface area contributed by atoms with Crippen LogP contribution in [0.4, 0.5) is 0 Å². The Hall–Kier alpha value is -2.00. The van der Waals surface area contributed by atoms with Gasteiger partial charge in [0.15, 0.2) is 6.10 Å². The predicted octanol–water partition coefficient (Wildman–Crippen LogP) is -2.98. The second-order valence-electron chi connectivity index (χ2n) is 4.50. The van der Waals surface area contributed by atoms with E-state index in [4.69, 9.17) is 9.84 Å². The first-order chi connectivity index (χ1) is 9.43. The van der Waals surface area contributed by atoms with Gasteiger partial charge in [0.05, 0.1) is 6.61 Å². The number of ether oxygens (including phenoxy) is 2. The number of aliphatic hydroxyl groups is 2. The molecule has 0 radical (unpaired) electrons. The van der Waals surface area contributed by atoms with Crippen molar-refractivity contribution in [3.05, 3.63) is 0 Å². The molecule has 0 saturated carbocycles. The summed E-state index contributed by atoms with van der Waals surface area (Å²) in [5.41, 5.74) is 0. The molecule has 0 aromatic carbocycles. The number of amides is 1. The van der Waals surface area contributed by atoms with E-state index in [9.17, 15) is 24.3 Å². The van der Waals surface area contributed by atoms with Gasteiger partial charge in [0.25, 0.3) is 5.78 Å². The minimum Gasteiger partial charge on any atom is -0.449 e. The number of carbonyl (C=O) groups is 4. The predicted molar refractivity (Wildman–Crippen MR) is 59.0 cm³/mol. The topological polar surface area (TPSA) is 139 Å². The lowest BCUT2D eigenvalue weighted by Gasteiger charge is -2.21. The standard InChI is InChI=1S/C11H13NO8/c13-3-5(14)8-9(7(16)11(18)19-8)20-10(17)4-1-2-6(15)12-4/h4-5,8-9,13-14H,1-3H2,(H,12,15)/t4?,5-,8+,9?/m0/s1. The molecule has 0 spiro atoms. The fourth-order valence-corrected chi connectivity index (χ4v) is 2.01.